The highest BCUT2D eigenvalue weighted by Gasteiger charge is 2.48. The molecule has 0 spiro atoms. The number of carbonyl (C=O) groups excluding carboxylic acids is 12. The molecule has 25 nitrogen and oxygen atoms in total. The van der Waals surface area contributed by atoms with E-state index >= 15 is 0 Å². The first kappa shape index (κ1) is 50.0. The lowest BCUT2D eigenvalue weighted by Crippen LogP contribution is -2.49. The Hall–Kier alpha value is -6.40. The summed E-state index contributed by atoms with van der Waals surface area (Å²) in [4.78, 5) is 163. The van der Waals surface area contributed by atoms with Crippen LogP contribution in [0, 0.1) is 0 Å². The molecule has 0 aliphatic carbocycles. The maximum absolute atomic E-state index is 13.9. The molecular formula is C42H63N13O12. The lowest BCUT2D eigenvalue weighted by Gasteiger charge is -2.24. The van der Waals surface area contributed by atoms with Crippen molar-refractivity contribution in [1.29, 1.82) is 0 Å². The molecule has 0 unspecified atom stereocenters. The van der Waals surface area contributed by atoms with Crippen LogP contribution in [0.15, 0.2) is 0 Å². The molecule has 0 saturated carbocycles. The van der Waals surface area contributed by atoms with Crippen LogP contribution in [0.5, 0.6) is 0 Å². The van der Waals surface area contributed by atoms with Gasteiger partial charge >= 0.3 is 0 Å². The summed E-state index contributed by atoms with van der Waals surface area (Å²) in [6.07, 6.45) is 0.521. The van der Waals surface area contributed by atoms with Gasteiger partial charge in [0.05, 0.1) is 0 Å². The molecule has 6 heterocycles. The van der Waals surface area contributed by atoms with Gasteiger partial charge < -0.3 is 67.5 Å². The first-order valence-electron chi connectivity index (χ1n) is 22.6. The fraction of sp³-hybridized carbons (Fsp3) is 0.714. The first-order chi connectivity index (χ1) is 31.4. The van der Waals surface area contributed by atoms with Crippen LogP contribution >= 0.6 is 0 Å². The number of carbonyl (C=O) groups is 12. The van der Waals surface area contributed by atoms with E-state index in [1.807, 2.05) is 0 Å². The van der Waals surface area contributed by atoms with Crippen molar-refractivity contribution in [3.8, 4) is 0 Å². The van der Waals surface area contributed by atoms with Crippen molar-refractivity contribution in [2.75, 3.05) is 39.3 Å². The quantitative estimate of drug-likeness (QED) is 0.102. The van der Waals surface area contributed by atoms with Gasteiger partial charge in [0, 0.05) is 117 Å². The number of hydrogen-bond donors (Lipinski definition) is 7. The van der Waals surface area contributed by atoms with E-state index in [0.29, 0.717) is 0 Å². The summed E-state index contributed by atoms with van der Waals surface area (Å²) >= 11 is 0. The normalized spacial score (nSPS) is 31.4. The number of nitrogens with zero attached hydrogens (tertiary/aromatic N) is 6. The number of primary amides is 1. The van der Waals surface area contributed by atoms with Crippen LogP contribution in [0.4, 0.5) is 0 Å². The summed E-state index contributed by atoms with van der Waals surface area (Å²) in [5.74, 6) is -5.73. The summed E-state index contributed by atoms with van der Waals surface area (Å²) in [6, 6.07) is -9.34. The molecule has 12 atom stereocenters. The summed E-state index contributed by atoms with van der Waals surface area (Å²) in [5.41, 5.74) is 11.5. The number of nitrogens with one attached hydrogen (secondary N) is 5. The number of nitrogens with two attached hydrogens (primary N) is 2. The molecule has 368 valence electrons. The van der Waals surface area contributed by atoms with Crippen molar-refractivity contribution >= 4 is 70.9 Å². The van der Waals surface area contributed by atoms with Crippen LogP contribution in [0.25, 0.3) is 0 Å². The number of likely N-dealkylation sites (tertiary alicyclic amines) is 6. The largest absolute Gasteiger partial charge is 0.368 e. The van der Waals surface area contributed by atoms with Gasteiger partial charge in [-0.1, -0.05) is 0 Å². The highest BCUT2D eigenvalue weighted by atomic mass is 16.2. The van der Waals surface area contributed by atoms with E-state index in [1.165, 1.54) is 70.9 Å². The van der Waals surface area contributed by atoms with Gasteiger partial charge in [0.25, 0.3) is 0 Å². The van der Waals surface area contributed by atoms with Crippen LogP contribution in [0.2, 0.25) is 0 Å². The summed E-state index contributed by atoms with van der Waals surface area (Å²) in [7, 11) is 0. The molecule has 6 rings (SSSR count). The minimum absolute atomic E-state index is 0.00707. The Morgan fingerprint density at radius 3 is 0.731 bits per heavy atom. The summed E-state index contributed by atoms with van der Waals surface area (Å²) in [5, 5.41) is 14.3. The maximum atomic E-state index is 13.9. The molecule has 6 fully saturated rings. The Bertz CT molecular complexity index is 2070. The van der Waals surface area contributed by atoms with E-state index < -0.39 is 126 Å². The Labute approximate surface area is 387 Å². The van der Waals surface area contributed by atoms with Crippen molar-refractivity contribution in [3.63, 3.8) is 0 Å². The van der Waals surface area contributed by atoms with Gasteiger partial charge in [-0.15, -0.1) is 0 Å². The molecule has 12 amide bonds. The van der Waals surface area contributed by atoms with Gasteiger partial charge in [0.15, 0.2) is 0 Å². The lowest BCUT2D eigenvalue weighted by molar-refractivity contribution is -0.137. The average Bonchev–Trinajstić information content (AvgIpc) is 4.09. The molecule has 0 bridgehead atoms. The fourth-order valence-electron chi connectivity index (χ4n) is 10.7. The van der Waals surface area contributed by atoms with Crippen molar-refractivity contribution in [2.24, 2.45) is 11.5 Å². The average molecular weight is 942 g/mol. The molecule has 0 aromatic rings. The zero-order chi connectivity index (χ0) is 49.3. The molecule has 25 heteroatoms. The van der Waals surface area contributed by atoms with Crippen LogP contribution in [0.1, 0.15) is 80.1 Å². The Kier molecular flexibility index (Phi) is 15.1. The van der Waals surface area contributed by atoms with Crippen LogP contribution < -0.4 is 38.1 Å². The summed E-state index contributed by atoms with van der Waals surface area (Å²) < 4.78 is 0. The monoisotopic (exact) mass is 941 g/mol. The van der Waals surface area contributed by atoms with Gasteiger partial charge in [-0.2, -0.15) is 0 Å². The minimum Gasteiger partial charge on any atom is -0.368 e. The van der Waals surface area contributed by atoms with E-state index in [9.17, 15) is 57.5 Å². The van der Waals surface area contributed by atoms with Gasteiger partial charge in [-0.05, 0) is 38.5 Å². The van der Waals surface area contributed by atoms with Crippen molar-refractivity contribution in [3.05, 3.63) is 0 Å². The van der Waals surface area contributed by atoms with E-state index in [4.69, 9.17) is 11.5 Å². The molecule has 6 saturated heterocycles. The Morgan fingerprint density at radius 2 is 0.522 bits per heavy atom. The highest BCUT2D eigenvalue weighted by molar-refractivity contribution is 5.93. The zero-order valence-corrected chi connectivity index (χ0v) is 38.7. The predicted octanol–water partition coefficient (Wildman–Crippen LogP) is -6.05. The van der Waals surface area contributed by atoms with Gasteiger partial charge in [-0.3, -0.25) is 57.5 Å². The molecule has 6 aliphatic rings. The topological polar surface area (TPSA) is 336 Å². The number of amides is 12. The standard InChI is InChI=1S/C42H63N13O12/c1-19(56)50-13-25(43)7-32(50)38(63)46-27-9-34(52(15-27)21(3)58)40(65)48-29-11-36(54(17-29)23(5)60)42(67)49-30-12-35(55(18-30)24(6)61)41(66)47-28-10-33(53(16-28)22(4)59)39(64)45-26-8-31(37(44)62)51(14-26)20(2)57/h25-36H,7-18,43H2,1-6H3,(H2,44,62)(H,45,64)(H,46,63)(H,47,66)(H,48,65)(H,49,67)/t25-,26-,27-,28-,29-,30-,31-,32-,33-,34-,35-,36-/m0/s1. The first-order valence-corrected chi connectivity index (χ1v) is 22.6. The number of hydrogen-bond acceptors (Lipinski definition) is 13. The lowest BCUT2D eigenvalue weighted by atomic mass is 10.1. The molecule has 0 radical (unpaired) electrons. The third kappa shape index (κ3) is 11.1. The van der Waals surface area contributed by atoms with Crippen LogP contribution in [-0.4, -0.2) is 212 Å². The third-order valence-electron chi connectivity index (χ3n) is 13.8. The van der Waals surface area contributed by atoms with E-state index in [1.54, 1.807) is 0 Å². The maximum Gasteiger partial charge on any atom is 0.243 e. The second-order valence-corrected chi connectivity index (χ2v) is 18.7. The van der Waals surface area contributed by atoms with Crippen molar-refractivity contribution in [1.82, 2.24) is 56.0 Å². The zero-order valence-electron chi connectivity index (χ0n) is 38.7. The SMILES string of the molecule is CC(=O)N1C[C@@H](NC(=O)[C@@H]2C[C@H](NC(=O)[C@@H]3C[C@H](NC(=O)[C@@H]4C[C@H](NC(=O)[C@@H]5C[C@H](NC(=O)[C@@H]6C[C@H](N)CN6C(C)=O)CN5C(C)=O)CN4C(C)=O)CN3C(C)=O)CN2C(C)=O)C[C@H]1C(N)=O. The second kappa shape index (κ2) is 20.2. The Morgan fingerprint density at radius 1 is 0.328 bits per heavy atom. The predicted molar refractivity (Wildman–Crippen MR) is 232 cm³/mol. The van der Waals surface area contributed by atoms with Crippen LogP contribution in [0.3, 0.4) is 0 Å². The molecule has 67 heavy (non-hydrogen) atoms. The molecule has 0 aromatic heterocycles. The number of rotatable bonds is 11. The van der Waals surface area contributed by atoms with Gasteiger partial charge in [0.2, 0.25) is 70.9 Å². The Balaban J connectivity index is 1.03. The molecular weight excluding hydrogens is 879 g/mol. The van der Waals surface area contributed by atoms with Crippen molar-refractivity contribution < 1.29 is 57.5 Å². The molecule has 6 aliphatic heterocycles. The van der Waals surface area contributed by atoms with E-state index in [2.05, 4.69) is 26.6 Å². The van der Waals surface area contributed by atoms with Crippen molar-refractivity contribution in [2.45, 2.75) is 153 Å². The smallest absolute Gasteiger partial charge is 0.243 e. The van der Waals surface area contributed by atoms with E-state index in [-0.39, 0.29) is 95.6 Å². The molecule has 0 aromatic carbocycles. The third-order valence-corrected chi connectivity index (χ3v) is 13.8. The van der Waals surface area contributed by atoms with Crippen LogP contribution in [-0.2, 0) is 57.5 Å². The second-order valence-electron chi connectivity index (χ2n) is 18.7. The van der Waals surface area contributed by atoms with Gasteiger partial charge in [-0.25, -0.2) is 0 Å². The molecule has 9 N–H and O–H groups in total. The fourth-order valence-corrected chi connectivity index (χ4v) is 10.7. The van der Waals surface area contributed by atoms with E-state index in [0.717, 1.165) is 0 Å². The minimum atomic E-state index is -1.03. The van der Waals surface area contributed by atoms with Gasteiger partial charge in [0.1, 0.15) is 36.3 Å². The summed E-state index contributed by atoms with van der Waals surface area (Å²) in [6.45, 7) is 8.06. The highest BCUT2D eigenvalue weighted by Crippen LogP contribution is 2.27.